The number of allylic oxidation sites excluding steroid dienone is 7. The molecule has 1 N–H and O–H groups in total. The van der Waals surface area contributed by atoms with Crippen LogP contribution in [-0.2, 0) is 20.2 Å². The third kappa shape index (κ3) is 6.88. The van der Waals surface area contributed by atoms with Crippen LogP contribution in [0.25, 0.3) is 5.57 Å². The standard InChI is InChI=1S/C33H35ClN2O5/c1-3-39-41-31(37)21-23(2)27-8-4-10-30-29(27)22-24(28-9-5-17-35-32(28)40-30)7-6-18-36-19-15-33(38,16-20-36)25-11-13-26(34)14-12-25/h4-5,7-14,17,21-22,27,38H,3,6,15-16,18-20H2,1-2H3. The summed E-state index contributed by atoms with van der Waals surface area (Å²) in [6.07, 6.45) is 15.6. The van der Waals surface area contributed by atoms with Crippen LogP contribution in [0.1, 0.15) is 44.2 Å². The number of aromatic nitrogens is 1. The fourth-order valence-corrected chi connectivity index (χ4v) is 5.61. The Labute approximate surface area is 246 Å². The summed E-state index contributed by atoms with van der Waals surface area (Å²) in [5, 5.41) is 11.9. The summed E-state index contributed by atoms with van der Waals surface area (Å²) >= 11 is 6.04. The molecule has 1 unspecified atom stereocenters. The number of ether oxygens (including phenoxy) is 1. The quantitative estimate of drug-likeness (QED) is 0.224. The number of benzene rings is 1. The second-order valence-electron chi connectivity index (χ2n) is 10.5. The molecule has 214 valence electrons. The van der Waals surface area contributed by atoms with Gasteiger partial charge in [0.1, 0.15) is 5.76 Å². The number of rotatable bonds is 8. The van der Waals surface area contributed by atoms with Crippen LogP contribution in [0.2, 0.25) is 5.02 Å². The smallest absolute Gasteiger partial charge is 0.365 e. The van der Waals surface area contributed by atoms with Gasteiger partial charge in [0.2, 0.25) is 5.88 Å². The number of carbonyl (C=O) groups excluding carboxylic acids is 1. The molecule has 3 aliphatic rings. The minimum Gasteiger partial charge on any atom is -0.438 e. The van der Waals surface area contributed by atoms with Gasteiger partial charge in [-0.25, -0.2) is 9.78 Å². The maximum atomic E-state index is 12.2. The zero-order chi connectivity index (χ0) is 28.8. The van der Waals surface area contributed by atoms with Crippen molar-refractivity contribution in [2.75, 3.05) is 26.2 Å². The minimum atomic E-state index is -0.820. The van der Waals surface area contributed by atoms with Crippen LogP contribution < -0.4 is 4.74 Å². The van der Waals surface area contributed by atoms with E-state index in [9.17, 15) is 9.90 Å². The largest absolute Gasteiger partial charge is 0.438 e. The van der Waals surface area contributed by atoms with E-state index in [1.54, 1.807) is 13.1 Å². The van der Waals surface area contributed by atoms with Crippen LogP contribution >= 0.6 is 11.6 Å². The number of piperidine rings is 1. The molecule has 3 heterocycles. The van der Waals surface area contributed by atoms with Crippen LogP contribution in [0.5, 0.6) is 5.88 Å². The number of halogens is 1. The Morgan fingerprint density at radius 1 is 1.24 bits per heavy atom. The molecule has 8 heteroatoms. The van der Waals surface area contributed by atoms with Gasteiger partial charge in [-0.3, -0.25) is 4.89 Å². The highest BCUT2D eigenvalue weighted by atomic mass is 35.5. The van der Waals surface area contributed by atoms with E-state index >= 15 is 0 Å². The molecule has 0 bridgehead atoms. The Kier molecular flexibility index (Phi) is 9.20. The van der Waals surface area contributed by atoms with Gasteiger partial charge in [-0.1, -0.05) is 47.5 Å². The first-order valence-corrected chi connectivity index (χ1v) is 14.4. The van der Waals surface area contributed by atoms with Crippen molar-refractivity contribution in [3.63, 3.8) is 0 Å². The zero-order valence-corrected chi connectivity index (χ0v) is 24.1. The molecule has 0 saturated carbocycles. The highest BCUT2D eigenvalue weighted by Gasteiger charge is 2.34. The van der Waals surface area contributed by atoms with Gasteiger partial charge in [-0.05, 0) is 80.7 Å². The van der Waals surface area contributed by atoms with Crippen molar-refractivity contribution in [3.8, 4) is 5.88 Å². The van der Waals surface area contributed by atoms with Gasteiger partial charge in [0.15, 0.2) is 0 Å². The number of nitrogens with zero attached hydrogens (tertiary/aromatic N) is 2. The number of aliphatic hydroxyl groups is 1. The summed E-state index contributed by atoms with van der Waals surface area (Å²) in [4.78, 5) is 28.7. The maximum absolute atomic E-state index is 12.2. The third-order valence-electron chi connectivity index (χ3n) is 7.74. The Morgan fingerprint density at radius 2 is 2.02 bits per heavy atom. The molecule has 1 fully saturated rings. The summed E-state index contributed by atoms with van der Waals surface area (Å²) in [5.41, 5.74) is 3.80. The Balaban J connectivity index is 1.32. The van der Waals surface area contributed by atoms with Crippen molar-refractivity contribution in [1.29, 1.82) is 0 Å². The molecule has 1 aromatic heterocycles. The highest BCUT2D eigenvalue weighted by molar-refractivity contribution is 6.30. The van der Waals surface area contributed by atoms with Crippen molar-refractivity contribution in [3.05, 3.63) is 112 Å². The van der Waals surface area contributed by atoms with Crippen LogP contribution in [0.15, 0.2) is 96.0 Å². The van der Waals surface area contributed by atoms with Crippen LogP contribution in [-0.4, -0.2) is 47.2 Å². The van der Waals surface area contributed by atoms with Gasteiger partial charge in [0, 0.05) is 54.0 Å². The van der Waals surface area contributed by atoms with Gasteiger partial charge in [0.05, 0.1) is 12.2 Å². The van der Waals surface area contributed by atoms with E-state index in [-0.39, 0.29) is 12.5 Å². The lowest BCUT2D eigenvalue weighted by molar-refractivity contribution is -0.264. The van der Waals surface area contributed by atoms with Gasteiger partial charge >= 0.3 is 5.97 Å². The summed E-state index contributed by atoms with van der Waals surface area (Å²) in [6.45, 7) is 6.43. The van der Waals surface area contributed by atoms with Gasteiger partial charge in [-0.15, -0.1) is 0 Å². The molecular weight excluding hydrogens is 540 g/mol. The second-order valence-corrected chi connectivity index (χ2v) is 10.9. The Morgan fingerprint density at radius 3 is 2.78 bits per heavy atom. The first-order chi connectivity index (χ1) is 19.9. The number of pyridine rings is 1. The second kappa shape index (κ2) is 13.0. The normalized spacial score (nSPS) is 21.2. The topological polar surface area (TPSA) is 81.1 Å². The minimum absolute atomic E-state index is 0.172. The van der Waals surface area contributed by atoms with E-state index in [4.69, 9.17) is 26.1 Å². The number of carbonyl (C=O) groups is 1. The Hall–Kier alpha value is -3.49. The van der Waals surface area contributed by atoms with Crippen molar-refractivity contribution in [2.45, 2.75) is 38.7 Å². The predicted molar refractivity (Wildman–Crippen MR) is 159 cm³/mol. The van der Waals surface area contributed by atoms with Crippen LogP contribution in [0, 0.1) is 5.92 Å². The lowest BCUT2D eigenvalue weighted by atomic mass is 9.84. The van der Waals surface area contributed by atoms with E-state index in [0.717, 1.165) is 53.9 Å². The van der Waals surface area contributed by atoms with E-state index < -0.39 is 11.6 Å². The summed E-state index contributed by atoms with van der Waals surface area (Å²) < 4.78 is 6.29. The highest BCUT2D eigenvalue weighted by Crippen LogP contribution is 2.40. The summed E-state index contributed by atoms with van der Waals surface area (Å²) in [5.74, 6) is 0.529. The molecular formula is C33H35ClN2O5. The maximum Gasteiger partial charge on any atom is 0.365 e. The predicted octanol–water partition coefficient (Wildman–Crippen LogP) is 6.32. The molecule has 7 nitrogen and oxygen atoms in total. The molecule has 1 saturated heterocycles. The summed E-state index contributed by atoms with van der Waals surface area (Å²) in [6, 6.07) is 11.4. The van der Waals surface area contributed by atoms with Gasteiger partial charge in [0.25, 0.3) is 0 Å². The van der Waals surface area contributed by atoms with Gasteiger partial charge in [-0.2, -0.15) is 4.89 Å². The SMILES string of the molecule is CCOOC(=O)C=C(C)C1C=CC=C2Oc3ncccc3C(=CCCN3CCC(O)(c4ccc(Cl)cc4)CC3)C=C21. The lowest BCUT2D eigenvalue weighted by Gasteiger charge is -2.38. The average Bonchev–Trinajstić information content (AvgIpc) is 3.14. The molecule has 2 aromatic rings. The van der Waals surface area contributed by atoms with Gasteiger partial charge < -0.3 is 14.7 Å². The van der Waals surface area contributed by atoms with E-state index in [1.807, 2.05) is 61.5 Å². The molecule has 1 atom stereocenters. The zero-order valence-electron chi connectivity index (χ0n) is 23.4. The third-order valence-corrected chi connectivity index (χ3v) is 7.99. The summed E-state index contributed by atoms with van der Waals surface area (Å²) in [7, 11) is 0. The molecule has 41 heavy (non-hydrogen) atoms. The van der Waals surface area contributed by atoms with Crippen molar-refractivity contribution < 1.29 is 24.4 Å². The molecule has 1 aliphatic carbocycles. The Bertz CT molecular complexity index is 1420. The van der Waals surface area contributed by atoms with E-state index in [1.165, 1.54) is 6.08 Å². The first kappa shape index (κ1) is 29.0. The number of hydrogen-bond donors (Lipinski definition) is 1. The fraction of sp³-hybridized carbons (Fsp3) is 0.333. The molecule has 1 aromatic carbocycles. The molecule has 2 aliphatic heterocycles. The van der Waals surface area contributed by atoms with Crippen LogP contribution in [0.3, 0.4) is 0 Å². The van der Waals surface area contributed by atoms with E-state index in [2.05, 4.69) is 22.0 Å². The van der Waals surface area contributed by atoms with Crippen LogP contribution in [0.4, 0.5) is 0 Å². The number of likely N-dealkylation sites (tertiary alicyclic amines) is 1. The molecule has 5 rings (SSSR count). The van der Waals surface area contributed by atoms with Crippen molar-refractivity contribution in [1.82, 2.24) is 9.88 Å². The molecule has 0 amide bonds. The monoisotopic (exact) mass is 574 g/mol. The molecule has 0 radical (unpaired) electrons. The lowest BCUT2D eigenvalue weighted by Crippen LogP contribution is -2.42. The van der Waals surface area contributed by atoms with Crippen molar-refractivity contribution >= 4 is 23.1 Å². The fourth-order valence-electron chi connectivity index (χ4n) is 5.48. The van der Waals surface area contributed by atoms with E-state index in [0.29, 0.717) is 29.5 Å². The average molecular weight is 575 g/mol. The first-order valence-electron chi connectivity index (χ1n) is 14.0. The van der Waals surface area contributed by atoms with Crippen molar-refractivity contribution in [2.24, 2.45) is 5.92 Å². The number of hydrogen-bond acceptors (Lipinski definition) is 7. The number of fused-ring (bicyclic) bond motifs is 2. The molecule has 0 spiro atoms.